The molecule has 0 saturated heterocycles. The Bertz CT molecular complexity index is 765. The van der Waals surface area contributed by atoms with Crippen LogP contribution < -0.4 is 9.47 Å². The fraction of sp³-hybridized carbons (Fsp3) is 0.235. The fourth-order valence-electron chi connectivity index (χ4n) is 2.28. The number of H-pyrrole nitrogens is 1. The number of hydrogen-bond acceptors (Lipinski definition) is 3. The number of imidazole rings is 1. The third-order valence-electron chi connectivity index (χ3n) is 3.36. The maximum Gasteiger partial charge on any atom is 0.162 e. The van der Waals surface area contributed by atoms with Gasteiger partial charge in [0.15, 0.2) is 11.5 Å². The van der Waals surface area contributed by atoms with Crippen LogP contribution in [0, 0.1) is 0 Å². The van der Waals surface area contributed by atoms with Crippen molar-refractivity contribution in [2.45, 2.75) is 13.3 Å². The van der Waals surface area contributed by atoms with E-state index in [9.17, 15) is 0 Å². The minimum Gasteiger partial charge on any atom is -0.493 e. The predicted octanol–water partition coefficient (Wildman–Crippen LogP) is 4.79. The van der Waals surface area contributed by atoms with Gasteiger partial charge in [-0.3, -0.25) is 0 Å². The first kappa shape index (κ1) is 14.9. The molecule has 0 fully saturated rings. The maximum atomic E-state index is 5.72. The van der Waals surface area contributed by atoms with Crippen LogP contribution in [0.2, 0.25) is 0 Å². The highest BCUT2D eigenvalue weighted by molar-refractivity contribution is 9.10. The summed E-state index contributed by atoms with van der Waals surface area (Å²) in [5, 5.41) is 0. The van der Waals surface area contributed by atoms with E-state index >= 15 is 0 Å². The Morgan fingerprint density at radius 2 is 2.00 bits per heavy atom. The van der Waals surface area contributed by atoms with Crippen molar-refractivity contribution in [1.82, 2.24) is 9.97 Å². The number of nitrogens with one attached hydrogen (secondary N) is 1. The lowest BCUT2D eigenvalue weighted by Crippen LogP contribution is -1.98. The van der Waals surface area contributed by atoms with Crippen molar-refractivity contribution in [2.24, 2.45) is 0 Å². The quantitative estimate of drug-likeness (QED) is 0.711. The van der Waals surface area contributed by atoms with Gasteiger partial charge in [0, 0.05) is 10.0 Å². The van der Waals surface area contributed by atoms with Crippen molar-refractivity contribution in [3.05, 3.63) is 40.9 Å². The molecule has 2 aromatic carbocycles. The number of halogens is 1. The van der Waals surface area contributed by atoms with Gasteiger partial charge in [0.05, 0.1) is 24.8 Å². The lowest BCUT2D eigenvalue weighted by atomic mass is 10.2. The van der Waals surface area contributed by atoms with Crippen molar-refractivity contribution >= 4 is 27.0 Å². The molecule has 0 unspecified atom stereocenters. The van der Waals surface area contributed by atoms with Gasteiger partial charge >= 0.3 is 0 Å². The van der Waals surface area contributed by atoms with E-state index in [0.717, 1.165) is 39.1 Å². The van der Waals surface area contributed by atoms with E-state index in [1.54, 1.807) is 7.11 Å². The van der Waals surface area contributed by atoms with Crippen molar-refractivity contribution in [3.63, 3.8) is 0 Å². The van der Waals surface area contributed by atoms with Crippen LogP contribution in [0.1, 0.15) is 13.3 Å². The van der Waals surface area contributed by atoms with Crippen LogP contribution in [-0.4, -0.2) is 23.7 Å². The third-order valence-corrected chi connectivity index (χ3v) is 4.02. The summed E-state index contributed by atoms with van der Waals surface area (Å²) < 4.78 is 12.1. The number of para-hydroxylation sites is 2. The first-order chi connectivity index (χ1) is 10.7. The van der Waals surface area contributed by atoms with Gasteiger partial charge in [-0.1, -0.05) is 19.1 Å². The minimum atomic E-state index is 0.660. The number of ether oxygens (including phenoxy) is 2. The molecule has 0 atom stereocenters. The number of fused-ring (bicyclic) bond motifs is 1. The first-order valence-electron chi connectivity index (χ1n) is 7.18. The zero-order chi connectivity index (χ0) is 15.5. The molecular formula is C17H17BrN2O2. The van der Waals surface area contributed by atoms with Crippen LogP contribution in [0.5, 0.6) is 11.5 Å². The predicted molar refractivity (Wildman–Crippen MR) is 91.6 cm³/mol. The van der Waals surface area contributed by atoms with Gasteiger partial charge in [0.2, 0.25) is 0 Å². The van der Waals surface area contributed by atoms with E-state index in [1.807, 2.05) is 36.4 Å². The van der Waals surface area contributed by atoms with Crippen LogP contribution in [0.25, 0.3) is 22.4 Å². The van der Waals surface area contributed by atoms with E-state index in [0.29, 0.717) is 12.4 Å². The van der Waals surface area contributed by atoms with Gasteiger partial charge in [-0.15, -0.1) is 0 Å². The summed E-state index contributed by atoms with van der Waals surface area (Å²) in [5.74, 6) is 2.23. The van der Waals surface area contributed by atoms with E-state index in [-0.39, 0.29) is 0 Å². The average molecular weight is 361 g/mol. The fourth-order valence-corrected chi connectivity index (χ4v) is 2.79. The van der Waals surface area contributed by atoms with Crippen LogP contribution >= 0.6 is 15.9 Å². The van der Waals surface area contributed by atoms with Crippen LogP contribution in [0.3, 0.4) is 0 Å². The van der Waals surface area contributed by atoms with Crippen molar-refractivity contribution in [2.75, 3.05) is 13.7 Å². The minimum absolute atomic E-state index is 0.660. The Morgan fingerprint density at radius 3 is 2.73 bits per heavy atom. The number of aromatic nitrogens is 2. The number of methoxy groups -OCH3 is 1. The van der Waals surface area contributed by atoms with Gasteiger partial charge in [-0.05, 0) is 46.6 Å². The first-order valence-corrected chi connectivity index (χ1v) is 7.97. The highest BCUT2D eigenvalue weighted by Crippen LogP contribution is 2.38. The van der Waals surface area contributed by atoms with Crippen LogP contribution in [0.15, 0.2) is 40.9 Å². The number of rotatable bonds is 5. The highest BCUT2D eigenvalue weighted by atomic mass is 79.9. The Hall–Kier alpha value is -2.01. The molecule has 0 saturated carbocycles. The molecule has 3 rings (SSSR count). The number of aromatic amines is 1. The molecule has 0 aliphatic heterocycles. The van der Waals surface area contributed by atoms with Crippen molar-refractivity contribution in [3.8, 4) is 22.9 Å². The average Bonchev–Trinajstić information content (AvgIpc) is 2.96. The molecule has 3 aromatic rings. The van der Waals surface area contributed by atoms with Crippen LogP contribution in [0.4, 0.5) is 0 Å². The lowest BCUT2D eigenvalue weighted by Gasteiger charge is -2.12. The van der Waals surface area contributed by atoms with E-state index in [1.165, 1.54) is 0 Å². The molecule has 22 heavy (non-hydrogen) atoms. The summed E-state index contributed by atoms with van der Waals surface area (Å²) in [6, 6.07) is 11.8. The second kappa shape index (κ2) is 6.40. The largest absolute Gasteiger partial charge is 0.493 e. The second-order valence-electron chi connectivity index (χ2n) is 4.93. The molecule has 0 aliphatic rings. The molecule has 0 amide bonds. The summed E-state index contributed by atoms with van der Waals surface area (Å²) in [5.41, 5.74) is 2.89. The molecule has 4 nitrogen and oxygen atoms in total. The van der Waals surface area contributed by atoms with Crippen molar-refractivity contribution < 1.29 is 9.47 Å². The summed E-state index contributed by atoms with van der Waals surface area (Å²) in [6.07, 6.45) is 0.950. The summed E-state index contributed by atoms with van der Waals surface area (Å²) in [6.45, 7) is 2.73. The Balaban J connectivity index is 2.06. The second-order valence-corrected chi connectivity index (χ2v) is 5.79. The molecule has 0 spiro atoms. The van der Waals surface area contributed by atoms with Crippen molar-refractivity contribution in [1.29, 1.82) is 0 Å². The molecule has 0 bridgehead atoms. The van der Waals surface area contributed by atoms with E-state index in [4.69, 9.17) is 9.47 Å². The zero-order valence-electron chi connectivity index (χ0n) is 12.5. The number of hydrogen-bond donors (Lipinski definition) is 1. The molecule has 0 aliphatic carbocycles. The van der Waals surface area contributed by atoms with E-state index < -0.39 is 0 Å². The topological polar surface area (TPSA) is 47.1 Å². The van der Waals surface area contributed by atoms with Gasteiger partial charge in [0.1, 0.15) is 5.82 Å². The molecule has 1 heterocycles. The normalized spacial score (nSPS) is 10.9. The van der Waals surface area contributed by atoms with Gasteiger partial charge < -0.3 is 14.5 Å². The summed E-state index contributed by atoms with van der Waals surface area (Å²) in [4.78, 5) is 7.96. The van der Waals surface area contributed by atoms with E-state index in [2.05, 4.69) is 32.8 Å². The lowest BCUT2D eigenvalue weighted by molar-refractivity contribution is 0.294. The standard InChI is InChI=1S/C17H17BrN2O2/c1-3-8-22-16-10-12(18)11(9-15(16)21-2)17-19-13-6-4-5-7-14(13)20-17/h4-7,9-10H,3,8H2,1-2H3,(H,19,20). The Morgan fingerprint density at radius 1 is 1.18 bits per heavy atom. The number of nitrogens with zero attached hydrogens (tertiary/aromatic N) is 1. The van der Waals surface area contributed by atoms with Gasteiger partial charge in [-0.25, -0.2) is 4.98 Å². The molecule has 114 valence electrons. The van der Waals surface area contributed by atoms with Gasteiger partial charge in [0.25, 0.3) is 0 Å². The highest BCUT2D eigenvalue weighted by Gasteiger charge is 2.14. The Labute approximate surface area is 137 Å². The molecular weight excluding hydrogens is 344 g/mol. The summed E-state index contributed by atoms with van der Waals surface area (Å²) in [7, 11) is 1.64. The maximum absolute atomic E-state index is 5.72. The Kier molecular flexibility index (Phi) is 4.34. The smallest absolute Gasteiger partial charge is 0.162 e. The SMILES string of the molecule is CCCOc1cc(Br)c(-c2nc3ccccc3[nH]2)cc1OC. The molecule has 1 aromatic heterocycles. The van der Waals surface area contributed by atoms with Crippen LogP contribution in [-0.2, 0) is 0 Å². The third kappa shape index (κ3) is 2.81. The van der Waals surface area contributed by atoms with Gasteiger partial charge in [-0.2, -0.15) is 0 Å². The molecule has 0 radical (unpaired) electrons. The molecule has 5 heteroatoms. The number of benzene rings is 2. The monoisotopic (exact) mass is 360 g/mol. The molecule has 1 N–H and O–H groups in total. The summed E-state index contributed by atoms with van der Waals surface area (Å²) >= 11 is 3.60. The zero-order valence-corrected chi connectivity index (χ0v) is 14.1.